The summed E-state index contributed by atoms with van der Waals surface area (Å²) in [6.07, 6.45) is 0.179. The summed E-state index contributed by atoms with van der Waals surface area (Å²) < 4.78 is 47.7. The van der Waals surface area contributed by atoms with Gasteiger partial charge in [-0.3, -0.25) is 0 Å². The van der Waals surface area contributed by atoms with E-state index in [4.69, 9.17) is 10.4 Å². The third-order valence-corrected chi connectivity index (χ3v) is 6.51. The van der Waals surface area contributed by atoms with Gasteiger partial charge in [-0.25, -0.2) is 26.7 Å². The van der Waals surface area contributed by atoms with E-state index in [1.807, 2.05) is 0 Å². The lowest BCUT2D eigenvalue weighted by molar-refractivity contribution is 0.572. The zero-order chi connectivity index (χ0) is 14.7. The average Bonchev–Trinajstić information content (AvgIpc) is 2.76. The van der Waals surface area contributed by atoms with Crippen molar-refractivity contribution in [1.29, 1.82) is 5.26 Å². The quantitative estimate of drug-likeness (QED) is 0.767. The van der Waals surface area contributed by atoms with E-state index in [1.165, 1.54) is 12.1 Å². The molecule has 1 heterocycles. The summed E-state index contributed by atoms with van der Waals surface area (Å²) in [6.45, 7) is 1.53. The normalized spacial score (nSPS) is 13.9. The first-order valence-electron chi connectivity index (χ1n) is 5.20. The molecule has 1 aromatic heterocycles. The van der Waals surface area contributed by atoms with Gasteiger partial charge in [0.2, 0.25) is 20.0 Å². The summed E-state index contributed by atoms with van der Waals surface area (Å²) in [5, 5.41) is 12.5. The fourth-order valence-electron chi connectivity index (χ4n) is 1.26. The van der Waals surface area contributed by atoms with E-state index in [2.05, 4.69) is 4.72 Å². The van der Waals surface area contributed by atoms with E-state index in [0.29, 0.717) is 4.88 Å². The van der Waals surface area contributed by atoms with Crippen molar-refractivity contribution in [2.24, 2.45) is 5.14 Å². The van der Waals surface area contributed by atoms with Crippen molar-refractivity contribution in [3.8, 4) is 6.07 Å². The van der Waals surface area contributed by atoms with E-state index in [-0.39, 0.29) is 17.2 Å². The second kappa shape index (κ2) is 5.98. The minimum Gasteiger partial charge on any atom is -0.224 e. The standard InChI is InChI=1S/C9H13N3O4S3/c1-2-8(5-10)19(15,16)12-6-7-3-4-9(17-7)18(11,13)14/h3-4,8,12H,2,6H2,1H3,(H2,11,13,14). The first-order chi connectivity index (χ1) is 8.70. The number of nitrogens with zero attached hydrogens (tertiary/aromatic N) is 1. The predicted molar refractivity (Wildman–Crippen MR) is 71.1 cm³/mol. The molecule has 0 saturated carbocycles. The molecule has 1 rings (SSSR count). The second-order valence-corrected chi connectivity index (χ2v) is 8.56. The second-order valence-electron chi connectivity index (χ2n) is 3.66. The van der Waals surface area contributed by atoms with Crippen LogP contribution < -0.4 is 9.86 Å². The predicted octanol–water partition coefficient (Wildman–Crippen LogP) is 0.117. The van der Waals surface area contributed by atoms with Gasteiger partial charge in [-0.1, -0.05) is 6.92 Å². The highest BCUT2D eigenvalue weighted by molar-refractivity contribution is 7.91. The van der Waals surface area contributed by atoms with E-state index in [1.54, 1.807) is 13.0 Å². The van der Waals surface area contributed by atoms with Crippen LogP contribution in [0.2, 0.25) is 0 Å². The monoisotopic (exact) mass is 323 g/mol. The van der Waals surface area contributed by atoms with Gasteiger partial charge in [0.15, 0.2) is 5.25 Å². The topological polar surface area (TPSA) is 130 Å². The fraction of sp³-hybridized carbons (Fsp3) is 0.444. The Bertz CT molecular complexity index is 685. The molecule has 19 heavy (non-hydrogen) atoms. The molecule has 0 aliphatic rings. The highest BCUT2D eigenvalue weighted by Crippen LogP contribution is 2.20. The van der Waals surface area contributed by atoms with Gasteiger partial charge in [0.25, 0.3) is 0 Å². The molecular weight excluding hydrogens is 310 g/mol. The smallest absolute Gasteiger partial charge is 0.224 e. The van der Waals surface area contributed by atoms with Crippen LogP contribution in [0.25, 0.3) is 0 Å². The van der Waals surface area contributed by atoms with Crippen LogP contribution in [0.15, 0.2) is 16.3 Å². The minimum atomic E-state index is -3.77. The number of hydrogen-bond donors (Lipinski definition) is 2. The Morgan fingerprint density at radius 1 is 1.42 bits per heavy atom. The Labute approximate surface area is 116 Å². The summed E-state index contributed by atoms with van der Waals surface area (Å²) in [5.41, 5.74) is 0. The van der Waals surface area contributed by atoms with Crippen molar-refractivity contribution in [2.75, 3.05) is 0 Å². The van der Waals surface area contributed by atoms with E-state index >= 15 is 0 Å². The first kappa shape index (κ1) is 16.1. The molecule has 0 fully saturated rings. The number of nitriles is 1. The van der Waals surface area contributed by atoms with Crippen LogP contribution in [-0.2, 0) is 26.6 Å². The van der Waals surface area contributed by atoms with Crippen molar-refractivity contribution in [2.45, 2.75) is 29.3 Å². The van der Waals surface area contributed by atoms with E-state index in [9.17, 15) is 16.8 Å². The Morgan fingerprint density at radius 2 is 2.05 bits per heavy atom. The molecule has 0 aromatic carbocycles. The largest absolute Gasteiger partial charge is 0.247 e. The van der Waals surface area contributed by atoms with Crippen molar-refractivity contribution in [1.82, 2.24) is 4.72 Å². The van der Waals surface area contributed by atoms with Crippen LogP contribution in [0, 0.1) is 11.3 Å². The highest BCUT2D eigenvalue weighted by atomic mass is 32.2. The molecule has 0 radical (unpaired) electrons. The van der Waals surface area contributed by atoms with Gasteiger partial charge in [0.1, 0.15) is 4.21 Å². The van der Waals surface area contributed by atoms with Crippen LogP contribution in [0.3, 0.4) is 0 Å². The molecule has 0 amide bonds. The zero-order valence-corrected chi connectivity index (χ0v) is 12.5. The SMILES string of the molecule is CCC(C#N)S(=O)(=O)NCc1ccc(S(N)(=O)=O)s1. The number of thiophene rings is 1. The molecule has 0 bridgehead atoms. The maximum absolute atomic E-state index is 11.7. The molecule has 3 N–H and O–H groups in total. The van der Waals surface area contributed by atoms with Crippen molar-refractivity contribution in [3.05, 3.63) is 17.0 Å². The maximum atomic E-state index is 11.7. The molecule has 106 valence electrons. The lowest BCUT2D eigenvalue weighted by atomic mass is 10.4. The first-order valence-corrected chi connectivity index (χ1v) is 9.11. The molecule has 1 atom stereocenters. The Kier molecular flexibility index (Phi) is 5.05. The van der Waals surface area contributed by atoms with Gasteiger partial charge in [0.05, 0.1) is 6.07 Å². The fourth-order valence-corrected chi connectivity index (χ4v) is 4.20. The number of rotatable bonds is 6. The molecule has 0 spiro atoms. The van der Waals surface area contributed by atoms with Gasteiger partial charge < -0.3 is 0 Å². The van der Waals surface area contributed by atoms with Gasteiger partial charge in [-0.2, -0.15) is 5.26 Å². The van der Waals surface area contributed by atoms with Gasteiger partial charge in [-0.15, -0.1) is 11.3 Å². The Hall–Kier alpha value is -0.990. The van der Waals surface area contributed by atoms with E-state index in [0.717, 1.165) is 11.3 Å². The minimum absolute atomic E-state index is 0.0333. The molecule has 0 saturated heterocycles. The maximum Gasteiger partial charge on any atom is 0.247 e. The number of nitrogens with two attached hydrogens (primary N) is 1. The third kappa shape index (κ3) is 4.26. The molecular formula is C9H13N3O4S3. The Morgan fingerprint density at radius 3 is 2.47 bits per heavy atom. The Balaban J connectivity index is 2.79. The number of nitrogens with one attached hydrogen (secondary N) is 1. The number of hydrogen-bond acceptors (Lipinski definition) is 6. The molecule has 1 aromatic rings. The summed E-state index contributed by atoms with van der Waals surface area (Å²) in [4.78, 5) is 0.500. The van der Waals surface area contributed by atoms with Gasteiger partial charge >= 0.3 is 0 Å². The van der Waals surface area contributed by atoms with Crippen LogP contribution in [0.4, 0.5) is 0 Å². The number of primary sulfonamides is 1. The van der Waals surface area contributed by atoms with E-state index < -0.39 is 25.3 Å². The third-order valence-electron chi connectivity index (χ3n) is 2.25. The molecule has 10 heteroatoms. The van der Waals surface area contributed by atoms with Crippen molar-refractivity contribution >= 4 is 31.4 Å². The molecule has 7 nitrogen and oxygen atoms in total. The van der Waals surface area contributed by atoms with Crippen LogP contribution in [-0.4, -0.2) is 22.1 Å². The lowest BCUT2D eigenvalue weighted by Crippen LogP contribution is -2.32. The number of sulfonamides is 2. The molecule has 1 unspecified atom stereocenters. The van der Waals surface area contributed by atoms with Gasteiger partial charge in [0, 0.05) is 11.4 Å². The van der Waals surface area contributed by atoms with Crippen LogP contribution in [0.1, 0.15) is 18.2 Å². The lowest BCUT2D eigenvalue weighted by Gasteiger charge is -2.08. The summed E-state index contributed by atoms with van der Waals surface area (Å²) in [7, 11) is -7.50. The molecule has 0 aliphatic carbocycles. The highest BCUT2D eigenvalue weighted by Gasteiger charge is 2.23. The average molecular weight is 323 g/mol. The summed E-state index contributed by atoms with van der Waals surface area (Å²) >= 11 is 0.885. The van der Waals surface area contributed by atoms with Crippen LogP contribution >= 0.6 is 11.3 Å². The van der Waals surface area contributed by atoms with Crippen molar-refractivity contribution in [3.63, 3.8) is 0 Å². The summed E-state index contributed by atoms with van der Waals surface area (Å²) in [5.74, 6) is 0. The van der Waals surface area contributed by atoms with Crippen molar-refractivity contribution < 1.29 is 16.8 Å². The zero-order valence-electron chi connectivity index (χ0n) is 10.0. The van der Waals surface area contributed by atoms with Gasteiger partial charge in [-0.05, 0) is 18.6 Å². The van der Waals surface area contributed by atoms with Crippen LogP contribution in [0.5, 0.6) is 0 Å². The summed E-state index contributed by atoms with van der Waals surface area (Å²) in [6, 6.07) is 4.48. The molecule has 0 aliphatic heterocycles.